The van der Waals surface area contributed by atoms with Crippen LogP contribution in [0.25, 0.3) is 0 Å². The van der Waals surface area contributed by atoms with Crippen LogP contribution in [0.1, 0.15) is 32.6 Å². The summed E-state index contributed by atoms with van der Waals surface area (Å²) in [5.41, 5.74) is 0. The lowest BCUT2D eigenvalue weighted by atomic mass is 10.1. The molecule has 18 heavy (non-hydrogen) atoms. The Morgan fingerprint density at radius 2 is 1.83 bits per heavy atom. The van der Waals surface area contributed by atoms with Crippen LogP contribution in [-0.2, 0) is 14.6 Å². The summed E-state index contributed by atoms with van der Waals surface area (Å²) in [7, 11) is -3.22. The van der Waals surface area contributed by atoms with Crippen LogP contribution < -0.4 is 0 Å². The topological polar surface area (TPSA) is 43.4 Å². The van der Waals surface area contributed by atoms with Gasteiger partial charge in [-0.15, -0.1) is 0 Å². The molecule has 0 N–H and O–H groups in total. The van der Waals surface area contributed by atoms with E-state index in [1.54, 1.807) is 24.3 Å². The standard InChI is InChI=1S/C14H20O3S/c1-12-7-5-6-8-13(17-12)11-18(15,16)14-9-3-2-4-10-14/h2-4,9-10,12-13H,5-8,11H2,1H3/t12-,13-/m1/s1. The van der Waals surface area contributed by atoms with Crippen molar-refractivity contribution in [2.24, 2.45) is 0 Å². The van der Waals surface area contributed by atoms with E-state index in [0.29, 0.717) is 4.90 Å². The van der Waals surface area contributed by atoms with E-state index >= 15 is 0 Å². The third-order valence-electron chi connectivity index (χ3n) is 3.32. The van der Waals surface area contributed by atoms with Crippen molar-refractivity contribution < 1.29 is 13.2 Å². The molecule has 2 rings (SSSR count). The second-order valence-electron chi connectivity index (χ2n) is 4.95. The van der Waals surface area contributed by atoms with E-state index in [4.69, 9.17) is 4.74 Å². The molecule has 1 aliphatic heterocycles. The minimum Gasteiger partial charge on any atom is -0.374 e. The van der Waals surface area contributed by atoms with Crippen LogP contribution >= 0.6 is 0 Å². The predicted molar refractivity (Wildman–Crippen MR) is 71.3 cm³/mol. The molecule has 0 bridgehead atoms. The fraction of sp³-hybridized carbons (Fsp3) is 0.571. The zero-order valence-electron chi connectivity index (χ0n) is 10.7. The number of rotatable bonds is 3. The number of sulfone groups is 1. The summed E-state index contributed by atoms with van der Waals surface area (Å²) < 4.78 is 30.3. The zero-order chi connectivity index (χ0) is 13.0. The molecule has 1 saturated heterocycles. The summed E-state index contributed by atoms with van der Waals surface area (Å²) in [6, 6.07) is 8.63. The summed E-state index contributed by atoms with van der Waals surface area (Å²) in [4.78, 5) is 0.394. The number of hydrogen-bond donors (Lipinski definition) is 0. The van der Waals surface area contributed by atoms with Gasteiger partial charge in [-0.05, 0) is 31.9 Å². The third-order valence-corrected chi connectivity index (χ3v) is 5.12. The van der Waals surface area contributed by atoms with Crippen molar-refractivity contribution in [3.05, 3.63) is 30.3 Å². The van der Waals surface area contributed by atoms with Gasteiger partial charge in [0.1, 0.15) is 0 Å². The average Bonchev–Trinajstić information content (AvgIpc) is 2.54. The first kappa shape index (κ1) is 13.6. The summed E-state index contributed by atoms with van der Waals surface area (Å²) in [5.74, 6) is 0.0986. The van der Waals surface area contributed by atoms with Gasteiger partial charge in [0.2, 0.25) is 0 Å². The molecule has 1 aromatic carbocycles. The monoisotopic (exact) mass is 268 g/mol. The third kappa shape index (κ3) is 3.56. The number of hydrogen-bond acceptors (Lipinski definition) is 3. The first-order chi connectivity index (χ1) is 8.58. The van der Waals surface area contributed by atoms with Crippen molar-refractivity contribution in [2.75, 3.05) is 5.75 Å². The molecule has 0 aliphatic carbocycles. The van der Waals surface area contributed by atoms with E-state index in [1.807, 2.05) is 13.0 Å². The smallest absolute Gasteiger partial charge is 0.180 e. The highest BCUT2D eigenvalue weighted by atomic mass is 32.2. The Hall–Kier alpha value is -0.870. The molecular formula is C14H20O3S. The fourth-order valence-corrected chi connectivity index (χ4v) is 3.86. The minimum atomic E-state index is -3.22. The molecule has 1 fully saturated rings. The first-order valence-electron chi connectivity index (χ1n) is 6.51. The maximum Gasteiger partial charge on any atom is 0.180 e. The highest BCUT2D eigenvalue weighted by molar-refractivity contribution is 7.91. The lowest BCUT2D eigenvalue weighted by Crippen LogP contribution is -2.26. The Morgan fingerprint density at radius 1 is 1.17 bits per heavy atom. The molecule has 100 valence electrons. The van der Waals surface area contributed by atoms with Gasteiger partial charge >= 0.3 is 0 Å². The van der Waals surface area contributed by atoms with E-state index in [9.17, 15) is 8.42 Å². The minimum absolute atomic E-state index is 0.0986. The maximum absolute atomic E-state index is 12.2. The molecule has 0 amide bonds. The molecule has 1 aromatic rings. The molecule has 1 heterocycles. The number of ether oxygens (including phenoxy) is 1. The van der Waals surface area contributed by atoms with Gasteiger partial charge in [-0.3, -0.25) is 0 Å². The molecule has 3 nitrogen and oxygen atoms in total. The lowest BCUT2D eigenvalue weighted by molar-refractivity contribution is 0.0149. The summed E-state index contributed by atoms with van der Waals surface area (Å²) in [5, 5.41) is 0. The van der Waals surface area contributed by atoms with Gasteiger partial charge in [-0.25, -0.2) is 8.42 Å². The average molecular weight is 268 g/mol. The molecule has 0 spiro atoms. The largest absolute Gasteiger partial charge is 0.374 e. The molecule has 0 unspecified atom stereocenters. The summed E-state index contributed by atoms with van der Waals surface area (Å²) >= 11 is 0. The van der Waals surface area contributed by atoms with Crippen LogP contribution in [0.3, 0.4) is 0 Å². The Bertz CT molecular complexity index is 467. The van der Waals surface area contributed by atoms with E-state index in [1.165, 1.54) is 0 Å². The Kier molecular flexibility index (Phi) is 4.40. The summed E-state index contributed by atoms with van der Waals surface area (Å²) in [6.45, 7) is 2.02. The van der Waals surface area contributed by atoms with E-state index < -0.39 is 9.84 Å². The SMILES string of the molecule is C[C@@H]1CCCC[C@H](CS(=O)(=O)c2ccccc2)O1. The van der Waals surface area contributed by atoms with Gasteiger partial charge in [0.15, 0.2) is 9.84 Å². The van der Waals surface area contributed by atoms with E-state index in [2.05, 4.69) is 0 Å². The van der Waals surface area contributed by atoms with Gasteiger partial charge in [-0.2, -0.15) is 0 Å². The Balaban J connectivity index is 2.08. The Labute approximate surface area is 109 Å². The van der Waals surface area contributed by atoms with Gasteiger partial charge in [-0.1, -0.05) is 31.0 Å². The van der Waals surface area contributed by atoms with Gasteiger partial charge in [0.05, 0.1) is 22.9 Å². The first-order valence-corrected chi connectivity index (χ1v) is 8.16. The van der Waals surface area contributed by atoms with Crippen LogP contribution in [0.15, 0.2) is 35.2 Å². The second kappa shape index (κ2) is 5.85. The van der Waals surface area contributed by atoms with Crippen molar-refractivity contribution in [3.8, 4) is 0 Å². The van der Waals surface area contributed by atoms with Crippen LogP contribution in [0.2, 0.25) is 0 Å². The highest BCUT2D eigenvalue weighted by Crippen LogP contribution is 2.21. The van der Waals surface area contributed by atoms with Crippen molar-refractivity contribution >= 4 is 9.84 Å². The van der Waals surface area contributed by atoms with Crippen molar-refractivity contribution in [1.29, 1.82) is 0 Å². The van der Waals surface area contributed by atoms with E-state index in [-0.39, 0.29) is 18.0 Å². The molecular weight excluding hydrogens is 248 g/mol. The lowest BCUT2D eigenvalue weighted by Gasteiger charge is -2.18. The van der Waals surface area contributed by atoms with Crippen LogP contribution in [0.4, 0.5) is 0 Å². The molecule has 1 aliphatic rings. The van der Waals surface area contributed by atoms with Crippen LogP contribution in [0.5, 0.6) is 0 Å². The van der Waals surface area contributed by atoms with Crippen molar-refractivity contribution in [3.63, 3.8) is 0 Å². The molecule has 4 heteroatoms. The van der Waals surface area contributed by atoms with Crippen molar-refractivity contribution in [2.45, 2.75) is 49.7 Å². The molecule has 2 atom stereocenters. The van der Waals surface area contributed by atoms with Gasteiger partial charge < -0.3 is 4.74 Å². The summed E-state index contributed by atoms with van der Waals surface area (Å²) in [6.07, 6.45) is 4.07. The van der Waals surface area contributed by atoms with Crippen molar-refractivity contribution in [1.82, 2.24) is 0 Å². The Morgan fingerprint density at radius 3 is 2.56 bits per heavy atom. The highest BCUT2D eigenvalue weighted by Gasteiger charge is 2.24. The molecule has 0 saturated carbocycles. The van der Waals surface area contributed by atoms with Gasteiger partial charge in [0.25, 0.3) is 0 Å². The van der Waals surface area contributed by atoms with Crippen LogP contribution in [-0.4, -0.2) is 26.4 Å². The molecule has 0 aromatic heterocycles. The number of benzene rings is 1. The molecule has 0 radical (unpaired) electrons. The van der Waals surface area contributed by atoms with E-state index in [0.717, 1.165) is 25.7 Å². The fourth-order valence-electron chi connectivity index (χ4n) is 2.36. The van der Waals surface area contributed by atoms with Crippen LogP contribution in [0, 0.1) is 0 Å². The zero-order valence-corrected chi connectivity index (χ0v) is 11.5. The van der Waals surface area contributed by atoms with Gasteiger partial charge in [0, 0.05) is 0 Å². The second-order valence-corrected chi connectivity index (χ2v) is 6.98. The maximum atomic E-state index is 12.2. The normalized spacial score (nSPS) is 25.6. The quantitative estimate of drug-likeness (QED) is 0.846. The predicted octanol–water partition coefficient (Wildman–Crippen LogP) is 2.81.